The van der Waals surface area contributed by atoms with Gasteiger partial charge in [-0.3, -0.25) is 4.99 Å². The van der Waals surface area contributed by atoms with Crippen molar-refractivity contribution in [3.05, 3.63) is 35.4 Å². The van der Waals surface area contributed by atoms with Crippen molar-refractivity contribution in [2.75, 3.05) is 26.8 Å². The van der Waals surface area contributed by atoms with Crippen LogP contribution in [-0.2, 0) is 11.3 Å². The summed E-state index contributed by atoms with van der Waals surface area (Å²) in [5, 5.41) is 6.64. The molecule has 1 aromatic rings. The fourth-order valence-corrected chi connectivity index (χ4v) is 2.03. The summed E-state index contributed by atoms with van der Waals surface area (Å²) in [6.07, 6.45) is 3.72. The van der Waals surface area contributed by atoms with Crippen LogP contribution in [0.3, 0.4) is 0 Å². The van der Waals surface area contributed by atoms with Crippen molar-refractivity contribution in [2.24, 2.45) is 10.9 Å². The van der Waals surface area contributed by atoms with Crippen LogP contribution in [-0.4, -0.2) is 32.8 Å². The minimum absolute atomic E-state index is 0. The molecular formula is C17H28IN3O. The molecule has 22 heavy (non-hydrogen) atoms. The molecule has 5 heteroatoms. The van der Waals surface area contributed by atoms with E-state index in [2.05, 4.69) is 46.8 Å². The molecule has 0 saturated heterocycles. The van der Waals surface area contributed by atoms with Gasteiger partial charge in [-0.05, 0) is 37.7 Å². The van der Waals surface area contributed by atoms with E-state index in [1.54, 1.807) is 7.05 Å². The Hall–Kier alpha value is -0.820. The van der Waals surface area contributed by atoms with Crippen LogP contribution in [0.15, 0.2) is 29.3 Å². The van der Waals surface area contributed by atoms with Crippen LogP contribution in [0.5, 0.6) is 0 Å². The molecule has 0 spiro atoms. The Morgan fingerprint density at radius 1 is 1.23 bits per heavy atom. The van der Waals surface area contributed by atoms with Crippen LogP contribution in [0.4, 0.5) is 0 Å². The van der Waals surface area contributed by atoms with Gasteiger partial charge < -0.3 is 15.4 Å². The Kier molecular flexibility index (Phi) is 9.47. The second-order valence-corrected chi connectivity index (χ2v) is 5.71. The number of guanidine groups is 1. The molecule has 0 unspecified atom stereocenters. The molecule has 1 saturated carbocycles. The SMILES string of the molecule is CN=C(NCCCOCC1CC1)NCc1ccc(C)cc1.I. The van der Waals surface area contributed by atoms with Gasteiger partial charge in [-0.25, -0.2) is 0 Å². The first-order valence-corrected chi connectivity index (χ1v) is 7.85. The Labute approximate surface area is 151 Å². The van der Waals surface area contributed by atoms with Crippen molar-refractivity contribution in [1.82, 2.24) is 10.6 Å². The minimum atomic E-state index is 0. The van der Waals surface area contributed by atoms with Crippen LogP contribution in [0.25, 0.3) is 0 Å². The number of hydrogen-bond donors (Lipinski definition) is 2. The van der Waals surface area contributed by atoms with E-state index in [1.165, 1.54) is 24.0 Å². The lowest BCUT2D eigenvalue weighted by Gasteiger charge is -2.12. The van der Waals surface area contributed by atoms with Gasteiger partial charge in [-0.15, -0.1) is 24.0 Å². The lowest BCUT2D eigenvalue weighted by atomic mass is 10.1. The summed E-state index contributed by atoms with van der Waals surface area (Å²) in [6.45, 7) is 5.55. The molecule has 0 amide bonds. The highest BCUT2D eigenvalue weighted by molar-refractivity contribution is 14.0. The van der Waals surface area contributed by atoms with Gasteiger partial charge in [0, 0.05) is 33.4 Å². The summed E-state index contributed by atoms with van der Waals surface area (Å²) in [5.74, 6) is 1.69. The molecule has 2 rings (SSSR count). The molecule has 0 radical (unpaired) electrons. The number of benzene rings is 1. The first-order valence-electron chi connectivity index (χ1n) is 7.85. The van der Waals surface area contributed by atoms with Crippen molar-refractivity contribution in [3.63, 3.8) is 0 Å². The molecule has 124 valence electrons. The van der Waals surface area contributed by atoms with Crippen LogP contribution >= 0.6 is 24.0 Å². The normalized spacial score (nSPS) is 14.4. The monoisotopic (exact) mass is 417 g/mol. The van der Waals surface area contributed by atoms with Gasteiger partial charge in [0.25, 0.3) is 0 Å². The van der Waals surface area contributed by atoms with E-state index in [1.807, 2.05) is 0 Å². The third-order valence-electron chi connectivity index (χ3n) is 3.61. The van der Waals surface area contributed by atoms with Gasteiger partial charge in [0.15, 0.2) is 5.96 Å². The summed E-state index contributed by atoms with van der Waals surface area (Å²) in [4.78, 5) is 4.23. The predicted molar refractivity (Wildman–Crippen MR) is 103 cm³/mol. The Bertz CT molecular complexity index is 444. The second kappa shape index (κ2) is 10.8. The van der Waals surface area contributed by atoms with Gasteiger partial charge in [-0.2, -0.15) is 0 Å². The highest BCUT2D eigenvalue weighted by Crippen LogP contribution is 2.28. The fourth-order valence-electron chi connectivity index (χ4n) is 2.03. The van der Waals surface area contributed by atoms with E-state index in [0.29, 0.717) is 0 Å². The third-order valence-corrected chi connectivity index (χ3v) is 3.61. The maximum atomic E-state index is 5.61. The van der Waals surface area contributed by atoms with Gasteiger partial charge in [0.1, 0.15) is 0 Å². The zero-order valence-electron chi connectivity index (χ0n) is 13.6. The Morgan fingerprint density at radius 3 is 2.59 bits per heavy atom. The fraction of sp³-hybridized carbons (Fsp3) is 0.588. The number of halogens is 1. The molecule has 4 nitrogen and oxygen atoms in total. The average molecular weight is 417 g/mol. The van der Waals surface area contributed by atoms with Gasteiger partial charge in [0.05, 0.1) is 0 Å². The molecule has 0 atom stereocenters. The van der Waals surface area contributed by atoms with Crippen molar-refractivity contribution >= 4 is 29.9 Å². The molecule has 2 N–H and O–H groups in total. The zero-order valence-corrected chi connectivity index (χ0v) is 15.9. The van der Waals surface area contributed by atoms with E-state index in [-0.39, 0.29) is 24.0 Å². The first kappa shape index (κ1) is 19.2. The molecule has 1 aliphatic rings. The number of aryl methyl sites for hydroxylation is 1. The summed E-state index contributed by atoms with van der Waals surface area (Å²) >= 11 is 0. The summed E-state index contributed by atoms with van der Waals surface area (Å²) in [5.41, 5.74) is 2.55. The van der Waals surface area contributed by atoms with E-state index in [9.17, 15) is 0 Å². The molecule has 0 bridgehead atoms. The van der Waals surface area contributed by atoms with Gasteiger partial charge >= 0.3 is 0 Å². The minimum Gasteiger partial charge on any atom is -0.381 e. The predicted octanol–water partition coefficient (Wildman–Crippen LogP) is 3.09. The van der Waals surface area contributed by atoms with Crippen molar-refractivity contribution in [1.29, 1.82) is 0 Å². The van der Waals surface area contributed by atoms with Crippen LogP contribution in [0.1, 0.15) is 30.4 Å². The van der Waals surface area contributed by atoms with Crippen molar-refractivity contribution < 1.29 is 4.74 Å². The number of rotatable bonds is 8. The van der Waals surface area contributed by atoms with Gasteiger partial charge in [0.2, 0.25) is 0 Å². The molecule has 0 aliphatic heterocycles. The quantitative estimate of drug-likeness (QED) is 0.296. The summed E-state index contributed by atoms with van der Waals surface area (Å²) < 4.78 is 5.61. The third kappa shape index (κ3) is 7.98. The van der Waals surface area contributed by atoms with Crippen LogP contribution < -0.4 is 10.6 Å². The molecule has 1 fully saturated rings. The van der Waals surface area contributed by atoms with Crippen LogP contribution in [0, 0.1) is 12.8 Å². The zero-order chi connectivity index (χ0) is 14.9. The standard InChI is InChI=1S/C17H27N3O.HI/c1-14-4-6-15(7-5-14)12-20-17(18-2)19-10-3-11-21-13-16-8-9-16;/h4-7,16H,3,8-13H2,1-2H3,(H2,18,19,20);1H. The van der Waals surface area contributed by atoms with Crippen molar-refractivity contribution in [2.45, 2.75) is 32.7 Å². The summed E-state index contributed by atoms with van der Waals surface area (Å²) in [7, 11) is 1.80. The molecule has 0 aromatic heterocycles. The van der Waals surface area contributed by atoms with Crippen LogP contribution in [0.2, 0.25) is 0 Å². The second-order valence-electron chi connectivity index (χ2n) is 5.71. The highest BCUT2D eigenvalue weighted by Gasteiger charge is 2.20. The van der Waals surface area contributed by atoms with E-state index in [4.69, 9.17) is 4.74 Å². The highest BCUT2D eigenvalue weighted by atomic mass is 127. The number of hydrogen-bond acceptors (Lipinski definition) is 2. The van der Waals surface area contributed by atoms with Gasteiger partial charge in [-0.1, -0.05) is 29.8 Å². The smallest absolute Gasteiger partial charge is 0.191 e. The molecular weight excluding hydrogens is 389 g/mol. The maximum absolute atomic E-state index is 5.61. The number of ether oxygens (including phenoxy) is 1. The van der Waals surface area contributed by atoms with E-state index >= 15 is 0 Å². The number of nitrogens with one attached hydrogen (secondary N) is 2. The Balaban J connectivity index is 0.00000242. The van der Waals surface area contributed by atoms with E-state index in [0.717, 1.165) is 44.6 Å². The average Bonchev–Trinajstić information content (AvgIpc) is 3.31. The lowest BCUT2D eigenvalue weighted by molar-refractivity contribution is 0.123. The van der Waals surface area contributed by atoms with E-state index < -0.39 is 0 Å². The topological polar surface area (TPSA) is 45.7 Å². The maximum Gasteiger partial charge on any atom is 0.191 e. The largest absolute Gasteiger partial charge is 0.381 e. The number of aliphatic imine (C=N–C) groups is 1. The molecule has 1 aromatic carbocycles. The molecule has 1 aliphatic carbocycles. The Morgan fingerprint density at radius 2 is 1.95 bits per heavy atom. The number of nitrogens with zero attached hydrogens (tertiary/aromatic N) is 1. The first-order chi connectivity index (χ1) is 10.3. The summed E-state index contributed by atoms with van der Waals surface area (Å²) in [6, 6.07) is 8.54. The molecule has 0 heterocycles. The lowest BCUT2D eigenvalue weighted by Crippen LogP contribution is -2.37. The van der Waals surface area contributed by atoms with Crippen molar-refractivity contribution in [3.8, 4) is 0 Å².